The van der Waals surface area contributed by atoms with Crippen LogP contribution >= 0.6 is 11.6 Å². The minimum Gasteiger partial charge on any atom is -0.503 e. The largest absolute Gasteiger partial charge is 0.503 e. The number of amides is 1. The molecule has 1 aromatic heterocycles. The number of fused-ring (bicyclic) bond motifs is 1. The average molecular weight is 438 g/mol. The molecule has 158 valence electrons. The van der Waals surface area contributed by atoms with Crippen LogP contribution in [0.15, 0.2) is 30.5 Å². The smallest absolute Gasteiger partial charge is 0.254 e. The summed E-state index contributed by atoms with van der Waals surface area (Å²) in [6.07, 6.45) is 5.34. The number of hydrogen-bond donors (Lipinski definition) is 2. The molecule has 2 N–H and O–H groups in total. The van der Waals surface area contributed by atoms with Crippen molar-refractivity contribution in [3.63, 3.8) is 0 Å². The zero-order valence-electron chi connectivity index (χ0n) is 15.8. The Hall–Kier alpha value is -2.74. The number of carbonyl (C=O) groups excluding carboxylic acids is 1. The molecule has 4 rings (SSSR count). The molecule has 0 bridgehead atoms. The first-order chi connectivity index (χ1) is 14.3. The average Bonchev–Trinajstić information content (AvgIpc) is 3.16. The van der Waals surface area contributed by atoms with Gasteiger partial charge in [-0.25, -0.2) is 8.78 Å². The Bertz CT molecular complexity index is 1110. The lowest BCUT2D eigenvalue weighted by Crippen LogP contribution is -2.32. The Kier molecular flexibility index (Phi) is 5.60. The van der Waals surface area contributed by atoms with Gasteiger partial charge in [0, 0.05) is 23.2 Å². The first-order valence-corrected chi connectivity index (χ1v) is 10.0. The number of benzene rings is 2. The van der Waals surface area contributed by atoms with Gasteiger partial charge in [0.15, 0.2) is 17.4 Å². The summed E-state index contributed by atoms with van der Waals surface area (Å²) in [6, 6.07) is 6.28. The molecule has 0 atom stereocenters. The highest BCUT2D eigenvalue weighted by Crippen LogP contribution is 2.33. The topological polar surface area (TPSA) is 67.2 Å². The van der Waals surface area contributed by atoms with Crippen molar-refractivity contribution in [1.82, 2.24) is 15.1 Å². The molecule has 1 aliphatic rings. The molecule has 0 radical (unpaired) electrons. The lowest BCUT2D eigenvalue weighted by molar-refractivity contribution is 0.0935. The SMILES string of the molecule is O=C(NC[C@H]1CC[C@H](n2cc3cc(Cl)ccc3n2)CC1)c1cc(F)c(O)c(F)c1F. The minimum absolute atomic E-state index is 0.166. The molecule has 1 heterocycles. The number of nitrogens with one attached hydrogen (secondary N) is 1. The van der Waals surface area contributed by atoms with Gasteiger partial charge in [-0.2, -0.15) is 9.49 Å². The zero-order valence-corrected chi connectivity index (χ0v) is 16.6. The van der Waals surface area contributed by atoms with E-state index in [0.717, 1.165) is 36.6 Å². The van der Waals surface area contributed by atoms with Crippen LogP contribution in [-0.4, -0.2) is 27.3 Å². The van der Waals surface area contributed by atoms with Crippen LogP contribution in [0.25, 0.3) is 10.9 Å². The van der Waals surface area contributed by atoms with Crippen molar-refractivity contribution >= 4 is 28.4 Å². The Morgan fingerprint density at radius 2 is 1.90 bits per heavy atom. The molecule has 1 saturated carbocycles. The van der Waals surface area contributed by atoms with Crippen LogP contribution in [0.5, 0.6) is 5.75 Å². The fourth-order valence-electron chi connectivity index (χ4n) is 3.90. The molecular formula is C21H19ClF3N3O2. The molecule has 9 heteroatoms. The van der Waals surface area contributed by atoms with Crippen molar-refractivity contribution in [3.8, 4) is 5.75 Å². The predicted octanol–water partition coefficient (Wildman–Crippen LogP) is 4.97. The summed E-state index contributed by atoms with van der Waals surface area (Å²) in [4.78, 5) is 12.1. The number of phenolic OH excluding ortho intramolecular Hbond substituents is 1. The van der Waals surface area contributed by atoms with E-state index in [1.54, 1.807) is 6.07 Å². The third kappa shape index (κ3) is 3.96. The molecule has 3 aromatic rings. The molecular weight excluding hydrogens is 419 g/mol. The van der Waals surface area contributed by atoms with Crippen molar-refractivity contribution < 1.29 is 23.1 Å². The van der Waals surface area contributed by atoms with Crippen LogP contribution in [0.2, 0.25) is 5.02 Å². The van der Waals surface area contributed by atoms with Crippen LogP contribution in [0, 0.1) is 23.4 Å². The van der Waals surface area contributed by atoms with Crippen molar-refractivity contribution in [2.45, 2.75) is 31.7 Å². The van der Waals surface area contributed by atoms with Crippen LogP contribution in [0.4, 0.5) is 13.2 Å². The Morgan fingerprint density at radius 3 is 2.63 bits per heavy atom. The van der Waals surface area contributed by atoms with Gasteiger partial charge >= 0.3 is 0 Å². The highest BCUT2D eigenvalue weighted by Gasteiger charge is 2.26. The Balaban J connectivity index is 1.34. The molecule has 2 aromatic carbocycles. The van der Waals surface area contributed by atoms with Gasteiger partial charge < -0.3 is 10.4 Å². The van der Waals surface area contributed by atoms with E-state index in [2.05, 4.69) is 10.4 Å². The molecule has 1 aliphatic carbocycles. The zero-order chi connectivity index (χ0) is 21.4. The van der Waals surface area contributed by atoms with Crippen molar-refractivity contribution in [2.75, 3.05) is 6.54 Å². The van der Waals surface area contributed by atoms with Gasteiger partial charge in [-0.05, 0) is 55.9 Å². The maximum atomic E-state index is 13.8. The van der Waals surface area contributed by atoms with Crippen molar-refractivity contribution in [3.05, 3.63) is 58.5 Å². The van der Waals surface area contributed by atoms with E-state index in [1.165, 1.54) is 0 Å². The van der Waals surface area contributed by atoms with E-state index in [1.807, 2.05) is 23.0 Å². The molecule has 5 nitrogen and oxygen atoms in total. The van der Waals surface area contributed by atoms with Crippen LogP contribution in [0.3, 0.4) is 0 Å². The number of rotatable bonds is 4. The second-order valence-electron chi connectivity index (χ2n) is 7.58. The summed E-state index contributed by atoms with van der Waals surface area (Å²) in [7, 11) is 0. The summed E-state index contributed by atoms with van der Waals surface area (Å²) < 4.78 is 42.7. The fraction of sp³-hybridized carbons (Fsp3) is 0.333. The lowest BCUT2D eigenvalue weighted by Gasteiger charge is -2.28. The highest BCUT2D eigenvalue weighted by molar-refractivity contribution is 6.31. The lowest BCUT2D eigenvalue weighted by atomic mass is 9.86. The van der Waals surface area contributed by atoms with Gasteiger partial charge in [0.05, 0.1) is 17.1 Å². The Labute approximate surface area is 175 Å². The number of halogens is 4. The number of hydrogen-bond acceptors (Lipinski definition) is 3. The van der Waals surface area contributed by atoms with Crippen LogP contribution < -0.4 is 5.32 Å². The molecule has 0 saturated heterocycles. The maximum absolute atomic E-state index is 13.8. The maximum Gasteiger partial charge on any atom is 0.254 e. The monoisotopic (exact) mass is 437 g/mol. The van der Waals surface area contributed by atoms with Crippen LogP contribution in [-0.2, 0) is 0 Å². The number of carbonyl (C=O) groups is 1. The second kappa shape index (κ2) is 8.18. The van der Waals surface area contributed by atoms with Gasteiger partial charge in [-0.1, -0.05) is 11.6 Å². The van der Waals surface area contributed by atoms with E-state index < -0.39 is 34.7 Å². The summed E-state index contributed by atoms with van der Waals surface area (Å²) in [5.74, 6) is -6.90. The summed E-state index contributed by atoms with van der Waals surface area (Å²) in [5, 5.41) is 17.8. The number of nitrogens with zero attached hydrogens (tertiary/aromatic N) is 2. The van der Waals surface area contributed by atoms with Crippen molar-refractivity contribution in [1.29, 1.82) is 0 Å². The third-order valence-corrected chi connectivity index (χ3v) is 5.84. The van der Waals surface area contributed by atoms with Crippen molar-refractivity contribution in [2.24, 2.45) is 5.92 Å². The Morgan fingerprint density at radius 1 is 1.17 bits per heavy atom. The summed E-state index contributed by atoms with van der Waals surface area (Å²) in [6.45, 7) is 0.270. The fourth-order valence-corrected chi connectivity index (χ4v) is 4.08. The number of aromatic hydroxyl groups is 1. The first-order valence-electron chi connectivity index (χ1n) is 9.62. The second-order valence-corrected chi connectivity index (χ2v) is 8.02. The van der Waals surface area contributed by atoms with Gasteiger partial charge in [0.25, 0.3) is 5.91 Å². The highest BCUT2D eigenvalue weighted by atomic mass is 35.5. The third-order valence-electron chi connectivity index (χ3n) is 5.60. The molecule has 1 amide bonds. The quantitative estimate of drug-likeness (QED) is 0.566. The summed E-state index contributed by atoms with van der Waals surface area (Å²) >= 11 is 6.02. The minimum atomic E-state index is -1.77. The van der Waals surface area contributed by atoms with Gasteiger partial charge in [0.2, 0.25) is 5.82 Å². The molecule has 0 aliphatic heterocycles. The van der Waals surface area contributed by atoms with Gasteiger partial charge in [-0.15, -0.1) is 0 Å². The first kappa shape index (κ1) is 20.5. The van der Waals surface area contributed by atoms with E-state index in [4.69, 9.17) is 16.7 Å². The van der Waals surface area contributed by atoms with E-state index >= 15 is 0 Å². The predicted molar refractivity (Wildman–Crippen MR) is 106 cm³/mol. The molecule has 30 heavy (non-hydrogen) atoms. The van der Waals surface area contributed by atoms with E-state index in [0.29, 0.717) is 11.1 Å². The molecule has 0 unspecified atom stereocenters. The van der Waals surface area contributed by atoms with Crippen LogP contribution in [0.1, 0.15) is 42.1 Å². The standard InChI is InChI=1S/C21H19ClF3N3O2/c22-13-3-6-17-12(7-13)10-28(27-17)14-4-1-11(2-5-14)9-26-21(30)15-8-16(23)20(29)19(25)18(15)24/h3,6-8,10-11,14,29H,1-2,4-5,9H2,(H,26,30)/t11-,14-. The molecule has 0 spiro atoms. The number of phenols is 1. The van der Waals surface area contributed by atoms with E-state index in [9.17, 15) is 18.0 Å². The van der Waals surface area contributed by atoms with Gasteiger partial charge in [0.1, 0.15) is 0 Å². The normalized spacial score (nSPS) is 19.2. The van der Waals surface area contributed by atoms with E-state index in [-0.39, 0.29) is 18.5 Å². The molecule has 1 fully saturated rings. The summed E-state index contributed by atoms with van der Waals surface area (Å²) in [5.41, 5.74) is 0.113. The van der Waals surface area contributed by atoms with Gasteiger partial charge in [-0.3, -0.25) is 9.48 Å². The number of aromatic nitrogens is 2.